The minimum absolute atomic E-state index is 0.467. The smallest absolute Gasteiger partial charge is 0.0726 e. The van der Waals surface area contributed by atoms with Crippen molar-refractivity contribution in [3.63, 3.8) is 0 Å². The van der Waals surface area contributed by atoms with Gasteiger partial charge in [-0.2, -0.15) is 0 Å². The average molecular weight is 876 g/mol. The van der Waals surface area contributed by atoms with Crippen LogP contribution in [-0.4, -0.2) is 0 Å². The van der Waals surface area contributed by atoms with Gasteiger partial charge < -0.3 is 4.90 Å². The number of hydrogen-bond acceptors (Lipinski definition) is 1. The monoisotopic (exact) mass is 875 g/mol. The third-order valence-corrected chi connectivity index (χ3v) is 15.4. The van der Waals surface area contributed by atoms with Crippen molar-refractivity contribution in [2.45, 2.75) is 10.8 Å². The van der Waals surface area contributed by atoms with E-state index in [2.05, 4.69) is 278 Å². The van der Waals surface area contributed by atoms with E-state index >= 15 is 0 Å². The van der Waals surface area contributed by atoms with Gasteiger partial charge in [0.1, 0.15) is 0 Å². The van der Waals surface area contributed by atoms with Crippen molar-refractivity contribution < 1.29 is 0 Å². The molecule has 0 fully saturated rings. The first-order valence-corrected chi connectivity index (χ1v) is 24.1. The Balaban J connectivity index is 1.00. The lowest BCUT2D eigenvalue weighted by Gasteiger charge is -2.34. The maximum absolute atomic E-state index is 2.51. The van der Waals surface area contributed by atoms with Crippen LogP contribution >= 0.6 is 0 Å². The highest BCUT2D eigenvalue weighted by atomic mass is 15.1. The number of rotatable bonds is 7. The average Bonchev–Trinajstić information content (AvgIpc) is 4.02. The van der Waals surface area contributed by atoms with Crippen molar-refractivity contribution in [3.05, 3.63) is 317 Å². The lowest BCUT2D eigenvalue weighted by Crippen LogP contribution is -2.28. The van der Waals surface area contributed by atoms with Crippen molar-refractivity contribution in [1.82, 2.24) is 0 Å². The molecule has 69 heavy (non-hydrogen) atoms. The molecule has 3 aliphatic rings. The molecule has 0 saturated carbocycles. The molecule has 1 spiro atoms. The number of benzene rings is 11. The van der Waals surface area contributed by atoms with Crippen LogP contribution in [0, 0.1) is 0 Å². The van der Waals surface area contributed by atoms with Crippen molar-refractivity contribution in [3.8, 4) is 55.6 Å². The quantitative estimate of drug-likeness (QED) is 0.154. The first-order valence-electron chi connectivity index (χ1n) is 24.1. The topological polar surface area (TPSA) is 3.24 Å². The molecule has 0 saturated heterocycles. The van der Waals surface area contributed by atoms with Gasteiger partial charge in [-0.1, -0.05) is 237 Å². The van der Waals surface area contributed by atoms with Gasteiger partial charge in [-0.3, -0.25) is 0 Å². The van der Waals surface area contributed by atoms with Crippen LogP contribution in [-0.2, 0) is 10.8 Å². The van der Waals surface area contributed by atoms with Crippen LogP contribution in [0.1, 0.15) is 44.5 Å². The number of nitrogens with zero attached hydrogens (tertiary/aromatic N) is 1. The van der Waals surface area contributed by atoms with E-state index < -0.39 is 10.8 Å². The Bertz CT molecular complexity index is 3670. The van der Waals surface area contributed by atoms with Gasteiger partial charge in [-0.05, 0) is 137 Å². The molecule has 14 rings (SSSR count). The van der Waals surface area contributed by atoms with Crippen LogP contribution in [0.4, 0.5) is 17.1 Å². The molecule has 0 N–H and O–H groups in total. The Morgan fingerprint density at radius 3 is 1.14 bits per heavy atom. The van der Waals surface area contributed by atoms with Gasteiger partial charge >= 0.3 is 0 Å². The second kappa shape index (κ2) is 15.4. The summed E-state index contributed by atoms with van der Waals surface area (Å²) >= 11 is 0. The third-order valence-electron chi connectivity index (χ3n) is 15.4. The normalized spacial score (nSPS) is 13.7. The van der Waals surface area contributed by atoms with Crippen molar-refractivity contribution >= 4 is 17.1 Å². The molecule has 0 atom stereocenters. The predicted octanol–water partition coefficient (Wildman–Crippen LogP) is 17.2. The summed E-state index contributed by atoms with van der Waals surface area (Å²) in [6.45, 7) is 0. The predicted molar refractivity (Wildman–Crippen MR) is 286 cm³/mol. The van der Waals surface area contributed by atoms with E-state index in [9.17, 15) is 0 Å². The van der Waals surface area contributed by atoms with E-state index in [4.69, 9.17) is 0 Å². The zero-order valence-electron chi connectivity index (χ0n) is 37.9. The second-order valence-electron chi connectivity index (χ2n) is 18.7. The summed E-state index contributed by atoms with van der Waals surface area (Å²) in [4.78, 5) is 2.50. The van der Waals surface area contributed by atoms with E-state index in [1.807, 2.05) is 0 Å². The summed E-state index contributed by atoms with van der Waals surface area (Å²) in [5.74, 6) is 0. The first kappa shape index (κ1) is 39.4. The third kappa shape index (κ3) is 5.65. The van der Waals surface area contributed by atoms with E-state index in [1.165, 1.54) is 100 Å². The van der Waals surface area contributed by atoms with Crippen molar-refractivity contribution in [2.75, 3.05) is 4.90 Å². The molecule has 1 nitrogen and oxygen atoms in total. The highest BCUT2D eigenvalue weighted by Crippen LogP contribution is 2.64. The Hall–Kier alpha value is -8.78. The van der Waals surface area contributed by atoms with Gasteiger partial charge in [-0.25, -0.2) is 0 Å². The second-order valence-corrected chi connectivity index (χ2v) is 18.7. The summed E-state index contributed by atoms with van der Waals surface area (Å²) in [5, 5.41) is 0. The molecule has 11 aromatic rings. The van der Waals surface area contributed by atoms with E-state index in [0.717, 1.165) is 17.1 Å². The lowest BCUT2D eigenvalue weighted by molar-refractivity contribution is 0.768. The highest BCUT2D eigenvalue weighted by molar-refractivity contribution is 5.97. The van der Waals surface area contributed by atoms with Crippen LogP contribution in [0.15, 0.2) is 273 Å². The molecule has 0 amide bonds. The molecule has 0 unspecified atom stereocenters. The molecule has 322 valence electrons. The van der Waals surface area contributed by atoms with Gasteiger partial charge in [-0.15, -0.1) is 0 Å². The molecular weight excluding hydrogens is 831 g/mol. The van der Waals surface area contributed by atoms with Crippen molar-refractivity contribution in [2.24, 2.45) is 0 Å². The molecule has 0 radical (unpaired) electrons. The largest absolute Gasteiger partial charge is 0.310 e. The molecular formula is C68H45N. The molecule has 1 heteroatoms. The van der Waals surface area contributed by atoms with Crippen molar-refractivity contribution in [1.29, 1.82) is 0 Å². The number of fused-ring (bicyclic) bond motifs is 13. The zero-order chi connectivity index (χ0) is 45.5. The maximum atomic E-state index is 2.51. The summed E-state index contributed by atoms with van der Waals surface area (Å²) in [5.41, 5.74) is 25.3. The van der Waals surface area contributed by atoms with Crippen LogP contribution in [0.5, 0.6) is 0 Å². The van der Waals surface area contributed by atoms with Crippen LogP contribution in [0.25, 0.3) is 55.6 Å². The number of anilines is 3. The molecule has 0 aliphatic heterocycles. The zero-order valence-corrected chi connectivity index (χ0v) is 37.9. The summed E-state index contributed by atoms with van der Waals surface area (Å²) in [6, 6.07) is 102. The Morgan fingerprint density at radius 1 is 0.203 bits per heavy atom. The standard InChI is InChI=1S/C68H45N/c1-4-19-46(20-5-1)47-35-37-48(38-36-47)49-21-18-26-52(43-49)69(53-40-42-65-60(44-53)58-30-13-14-31-61(58)67(65,50-22-6-2-7-23-50)51-24-8-3-9-25-51)54-39-41-59-57-29-12-17-34-64(57)68(66(59)45-54)62-32-15-10-27-55(62)56-28-11-16-33-63(56)68/h1-45H. The lowest BCUT2D eigenvalue weighted by atomic mass is 9.68. The summed E-state index contributed by atoms with van der Waals surface area (Å²) < 4.78 is 0. The van der Waals surface area contributed by atoms with Gasteiger partial charge in [0.2, 0.25) is 0 Å². The fourth-order valence-electron chi connectivity index (χ4n) is 12.6. The Morgan fingerprint density at radius 2 is 0.580 bits per heavy atom. The minimum atomic E-state index is -0.487. The van der Waals surface area contributed by atoms with E-state index in [0.29, 0.717) is 0 Å². The highest BCUT2D eigenvalue weighted by Gasteiger charge is 2.52. The molecule has 0 heterocycles. The van der Waals surface area contributed by atoms with E-state index in [1.54, 1.807) is 0 Å². The molecule has 0 aromatic heterocycles. The Labute approximate surface area is 403 Å². The maximum Gasteiger partial charge on any atom is 0.0726 e. The fourth-order valence-corrected chi connectivity index (χ4v) is 12.6. The van der Waals surface area contributed by atoms with Gasteiger partial charge in [0.25, 0.3) is 0 Å². The summed E-state index contributed by atoms with van der Waals surface area (Å²) in [7, 11) is 0. The van der Waals surface area contributed by atoms with Gasteiger partial charge in [0.15, 0.2) is 0 Å². The van der Waals surface area contributed by atoms with Crippen LogP contribution < -0.4 is 4.90 Å². The van der Waals surface area contributed by atoms with Crippen LogP contribution in [0.2, 0.25) is 0 Å². The summed E-state index contributed by atoms with van der Waals surface area (Å²) in [6.07, 6.45) is 0. The molecule has 11 aromatic carbocycles. The Kier molecular flexibility index (Phi) is 8.78. The fraction of sp³-hybridized carbons (Fsp3) is 0.0294. The first-order chi connectivity index (χ1) is 34.2. The van der Waals surface area contributed by atoms with Gasteiger partial charge in [0, 0.05) is 17.1 Å². The SMILES string of the molecule is c1ccc(-c2ccc(-c3cccc(N(c4ccc5c(c4)-c4ccccc4C5(c4ccccc4)c4ccccc4)c4ccc5c(c4)C4(c6ccccc6-c6ccccc64)c4ccccc4-5)c3)cc2)cc1. The number of hydrogen-bond donors (Lipinski definition) is 0. The molecule has 3 aliphatic carbocycles. The minimum Gasteiger partial charge on any atom is -0.310 e. The van der Waals surface area contributed by atoms with Crippen LogP contribution in [0.3, 0.4) is 0 Å². The van der Waals surface area contributed by atoms with Gasteiger partial charge in [0.05, 0.1) is 10.8 Å². The van der Waals surface area contributed by atoms with E-state index in [-0.39, 0.29) is 0 Å². The molecule has 0 bridgehead atoms.